The summed E-state index contributed by atoms with van der Waals surface area (Å²) in [5.74, 6) is -0.417. The van der Waals surface area contributed by atoms with E-state index in [1.165, 1.54) is 12.8 Å². The van der Waals surface area contributed by atoms with Gasteiger partial charge in [-0.2, -0.15) is 0 Å². The second-order valence-electron chi connectivity index (χ2n) is 10.7. The van der Waals surface area contributed by atoms with Gasteiger partial charge >= 0.3 is 19.9 Å². The van der Waals surface area contributed by atoms with Crippen molar-refractivity contribution in [2.45, 2.75) is 99.1 Å². The lowest BCUT2D eigenvalue weighted by molar-refractivity contribution is -0.168. The van der Waals surface area contributed by atoms with Gasteiger partial charge in [-0.3, -0.25) is 9.59 Å². The zero-order chi connectivity index (χ0) is 22.5. The van der Waals surface area contributed by atoms with Crippen molar-refractivity contribution >= 4 is 19.9 Å². The van der Waals surface area contributed by atoms with E-state index in [1.807, 2.05) is 34.2 Å². The minimum absolute atomic E-state index is 0.108. The first-order chi connectivity index (χ1) is 13.1. The maximum Gasteiger partial charge on any atom is 0.318 e. The molecule has 1 heterocycles. The van der Waals surface area contributed by atoms with E-state index in [9.17, 15) is 9.59 Å². The Morgan fingerprint density at radius 3 is 2.07 bits per heavy atom. The summed E-state index contributed by atoms with van der Waals surface area (Å²) >= 11 is 0. The first-order valence-electron chi connectivity index (χ1n) is 11.0. The van der Waals surface area contributed by atoms with Crippen molar-refractivity contribution in [2.24, 2.45) is 11.3 Å². The molecule has 0 radical (unpaired) electrons. The normalized spacial score (nSPS) is 20.0. The minimum Gasteiger partial charge on any atom is -0.462 e. The number of esters is 1. The van der Waals surface area contributed by atoms with Crippen molar-refractivity contribution in [3.63, 3.8) is 0 Å². The Morgan fingerprint density at radius 2 is 1.62 bits per heavy atom. The van der Waals surface area contributed by atoms with Gasteiger partial charge < -0.3 is 18.8 Å². The first-order valence-corrected chi connectivity index (χ1v) is 13.6. The lowest BCUT2D eigenvalue weighted by Crippen LogP contribution is -2.52. The smallest absolute Gasteiger partial charge is 0.318 e. The molecular weight excluding hydrogens is 386 g/mol. The van der Waals surface area contributed by atoms with Crippen molar-refractivity contribution in [3.8, 4) is 0 Å². The van der Waals surface area contributed by atoms with E-state index >= 15 is 0 Å². The molecule has 0 aliphatic carbocycles. The number of likely N-dealkylation sites (tertiary alicyclic amines) is 1. The van der Waals surface area contributed by atoms with Crippen LogP contribution in [0.4, 0.5) is 4.79 Å². The van der Waals surface area contributed by atoms with Crippen LogP contribution in [0.1, 0.15) is 74.7 Å². The molecule has 0 aromatic carbocycles. The van der Waals surface area contributed by atoms with E-state index in [4.69, 9.17) is 13.9 Å². The molecule has 1 aliphatic rings. The minimum atomic E-state index is -2.96. The van der Waals surface area contributed by atoms with Gasteiger partial charge in [0.25, 0.3) is 0 Å². The molecular formula is C22H43NO5Si. The van der Waals surface area contributed by atoms with Crippen LogP contribution < -0.4 is 0 Å². The highest BCUT2D eigenvalue weighted by atomic mass is 28.4. The van der Waals surface area contributed by atoms with Crippen molar-refractivity contribution in [2.75, 3.05) is 19.6 Å². The molecule has 1 saturated heterocycles. The fourth-order valence-electron chi connectivity index (χ4n) is 3.86. The molecule has 6 nitrogen and oxygen atoms in total. The summed E-state index contributed by atoms with van der Waals surface area (Å²) in [7, 11) is -2.96. The van der Waals surface area contributed by atoms with Crippen LogP contribution in [-0.4, -0.2) is 56.3 Å². The number of carbonyl (C=O) groups excluding carboxylic acids is 2. The predicted octanol–water partition coefficient (Wildman–Crippen LogP) is 5.15. The second kappa shape index (κ2) is 10.4. The summed E-state index contributed by atoms with van der Waals surface area (Å²) in [6.07, 6.45) is 2.33. The van der Waals surface area contributed by atoms with Gasteiger partial charge in [-0.25, -0.2) is 0 Å². The third kappa shape index (κ3) is 9.62. The molecule has 0 spiro atoms. The molecule has 170 valence electrons. The van der Waals surface area contributed by atoms with Crippen LogP contribution in [0.5, 0.6) is 0 Å². The number of nitrogens with zero attached hydrogens (tertiary/aromatic N) is 1. The highest BCUT2D eigenvalue weighted by molar-refractivity contribution is 6.99. The Hall–Kier alpha value is -0.923. The molecule has 0 N–H and O–H groups in total. The number of rotatable bonds is 9. The summed E-state index contributed by atoms with van der Waals surface area (Å²) in [5.41, 5.74) is -0.995. The summed E-state index contributed by atoms with van der Waals surface area (Å²) in [6.45, 7) is 20.2. The van der Waals surface area contributed by atoms with E-state index in [1.54, 1.807) is 6.92 Å². The monoisotopic (exact) mass is 429 g/mol. The second-order valence-corrected chi connectivity index (χ2v) is 14.2. The molecule has 1 fully saturated rings. The molecule has 0 bridgehead atoms. The van der Waals surface area contributed by atoms with E-state index < -0.39 is 20.2 Å². The number of hydrogen-bond donors (Lipinski definition) is 0. The molecule has 0 aromatic heterocycles. The van der Waals surface area contributed by atoms with Crippen LogP contribution in [0.3, 0.4) is 0 Å². The number of ether oxygens (including phenoxy) is 2. The topological polar surface area (TPSA) is 65.1 Å². The fraction of sp³-hybridized carbons (Fsp3) is 0.909. The zero-order valence-corrected chi connectivity index (χ0v) is 21.1. The molecule has 1 rings (SSSR count). The summed E-state index contributed by atoms with van der Waals surface area (Å²) in [5, 5.41) is 0. The third-order valence-corrected chi connectivity index (χ3v) is 8.46. The van der Waals surface area contributed by atoms with Gasteiger partial charge in [0.2, 0.25) is 0 Å². The lowest BCUT2D eigenvalue weighted by atomic mass is 10.0. The number of carbonyl (C=O) groups is 2. The molecule has 0 aromatic rings. The van der Waals surface area contributed by atoms with Crippen LogP contribution in [0.15, 0.2) is 0 Å². The summed E-state index contributed by atoms with van der Waals surface area (Å²) in [6, 6.07) is 0.585. The van der Waals surface area contributed by atoms with Crippen LogP contribution >= 0.6 is 0 Å². The van der Waals surface area contributed by atoms with Gasteiger partial charge in [-0.15, -0.1) is 0 Å². The van der Waals surface area contributed by atoms with Crippen LogP contribution in [0.25, 0.3) is 0 Å². The maximum atomic E-state index is 13.0. The lowest BCUT2D eigenvalue weighted by Gasteiger charge is -2.35. The van der Waals surface area contributed by atoms with Crippen LogP contribution in [0, 0.1) is 11.3 Å². The van der Waals surface area contributed by atoms with Crippen LogP contribution in [-0.2, 0) is 18.7 Å². The molecule has 29 heavy (non-hydrogen) atoms. The molecule has 0 saturated carbocycles. The third-order valence-electron chi connectivity index (χ3n) is 4.91. The van der Waals surface area contributed by atoms with Gasteiger partial charge in [-0.1, -0.05) is 27.7 Å². The van der Waals surface area contributed by atoms with Crippen molar-refractivity contribution in [1.82, 2.24) is 4.90 Å². The van der Waals surface area contributed by atoms with E-state index in [0.29, 0.717) is 6.04 Å². The molecule has 3 atom stereocenters. The van der Waals surface area contributed by atoms with Crippen LogP contribution in [0.2, 0.25) is 12.6 Å². The Morgan fingerprint density at radius 1 is 1.07 bits per heavy atom. The predicted molar refractivity (Wildman–Crippen MR) is 118 cm³/mol. The van der Waals surface area contributed by atoms with E-state index in [2.05, 4.69) is 25.7 Å². The summed E-state index contributed by atoms with van der Waals surface area (Å²) in [4.78, 5) is 28.0. The Balaban J connectivity index is 2.80. The highest BCUT2D eigenvalue weighted by Gasteiger charge is 2.47. The SMILES string of the molecule is CC[C@H](CN1CCCC1)C(=O)O[C@@H](C)O[Si](C)(CC(C)(C)C)C(=O)OC(C)(C)C. The van der Waals surface area contributed by atoms with Gasteiger partial charge in [0.15, 0.2) is 6.29 Å². The van der Waals surface area contributed by atoms with Crippen molar-refractivity contribution < 1.29 is 23.5 Å². The van der Waals surface area contributed by atoms with Gasteiger partial charge in [0.05, 0.1) is 5.92 Å². The fourth-order valence-corrected chi connectivity index (χ4v) is 7.51. The average molecular weight is 430 g/mol. The summed E-state index contributed by atoms with van der Waals surface area (Å²) < 4.78 is 17.5. The van der Waals surface area contributed by atoms with E-state index in [0.717, 1.165) is 26.1 Å². The Kier molecular flexibility index (Phi) is 9.36. The number of hydrogen-bond acceptors (Lipinski definition) is 6. The van der Waals surface area contributed by atoms with Gasteiger partial charge in [0.1, 0.15) is 5.60 Å². The molecule has 7 heteroatoms. The Bertz CT molecular complexity index is 548. The maximum absolute atomic E-state index is 13.0. The first kappa shape index (κ1) is 26.1. The van der Waals surface area contributed by atoms with Crippen molar-refractivity contribution in [1.29, 1.82) is 0 Å². The molecule has 0 amide bonds. The van der Waals surface area contributed by atoms with Gasteiger partial charge in [0, 0.05) is 6.54 Å². The Labute approximate surface area is 178 Å². The molecule has 1 aliphatic heterocycles. The average Bonchev–Trinajstić information content (AvgIpc) is 3.01. The zero-order valence-electron chi connectivity index (χ0n) is 20.1. The van der Waals surface area contributed by atoms with E-state index in [-0.39, 0.29) is 22.9 Å². The highest BCUT2D eigenvalue weighted by Crippen LogP contribution is 2.32. The van der Waals surface area contributed by atoms with Crippen molar-refractivity contribution in [3.05, 3.63) is 0 Å². The quantitative estimate of drug-likeness (QED) is 0.287. The largest absolute Gasteiger partial charge is 0.462 e. The standard InChI is InChI=1S/C22H43NO5Si/c1-10-18(15-23-13-11-12-14-23)19(24)26-17(2)28-29(9,16-21(3,4)5)20(25)27-22(6,7)8/h17-18H,10-16H2,1-9H3/t17-,18-,29?/m1/s1. The molecule has 1 unspecified atom stereocenters. The van der Waals surface area contributed by atoms with Gasteiger partial charge in [-0.05, 0) is 78.1 Å².